The van der Waals surface area contributed by atoms with Gasteiger partial charge in [0.15, 0.2) is 5.82 Å². The van der Waals surface area contributed by atoms with E-state index in [0.717, 1.165) is 6.54 Å². The zero-order valence-electron chi connectivity index (χ0n) is 19.1. The highest BCUT2D eigenvalue weighted by Crippen LogP contribution is 2.29. The lowest BCUT2D eigenvalue weighted by Crippen LogP contribution is -2.33. The molecule has 0 aliphatic heterocycles. The summed E-state index contributed by atoms with van der Waals surface area (Å²) in [6.45, 7) is 5.25. The first-order valence-electron chi connectivity index (χ1n) is 10.4. The fourth-order valence-corrected chi connectivity index (χ4v) is 3.84. The molecule has 0 spiro atoms. The number of halogens is 6. The number of imidazole rings is 1. The van der Waals surface area contributed by atoms with E-state index in [4.69, 9.17) is 0 Å². The van der Waals surface area contributed by atoms with Crippen LogP contribution in [-0.2, 0) is 19.1 Å². The van der Waals surface area contributed by atoms with E-state index in [1.165, 1.54) is 12.2 Å². The van der Waals surface area contributed by atoms with Gasteiger partial charge in [0, 0.05) is 19.5 Å². The summed E-state index contributed by atoms with van der Waals surface area (Å²) >= 11 is 0. The largest absolute Gasteiger partial charge is 0.471 e. The molecule has 0 bridgehead atoms. The number of hydrogen-bond acceptors (Lipinski definition) is 5. The van der Waals surface area contributed by atoms with E-state index >= 15 is 0 Å². The SMILES string of the molecule is CN(C)CC(C)(C)Cn1c(CCC(F)(F)F)nc2cc(/C=C/c3noc(C(F)(F)F)n3)ccc21. The molecule has 0 unspecified atom stereocenters. The van der Waals surface area contributed by atoms with Crippen molar-refractivity contribution in [3.8, 4) is 0 Å². The minimum atomic E-state index is -4.74. The average Bonchev–Trinajstić information content (AvgIpc) is 3.27. The first-order chi connectivity index (χ1) is 15.6. The molecule has 0 N–H and O–H groups in total. The molecule has 0 radical (unpaired) electrons. The molecule has 0 saturated carbocycles. The first kappa shape index (κ1) is 25.7. The van der Waals surface area contributed by atoms with Gasteiger partial charge in [-0.3, -0.25) is 0 Å². The minimum Gasteiger partial charge on any atom is -0.329 e. The number of nitrogens with zero attached hydrogens (tertiary/aromatic N) is 5. The van der Waals surface area contributed by atoms with Crippen LogP contribution in [0.5, 0.6) is 0 Å². The van der Waals surface area contributed by atoms with Gasteiger partial charge in [-0.25, -0.2) is 4.98 Å². The number of rotatable bonds is 8. The molecule has 0 saturated heterocycles. The summed E-state index contributed by atoms with van der Waals surface area (Å²) in [6.07, 6.45) is -7.56. The van der Waals surface area contributed by atoms with Crippen molar-refractivity contribution in [2.24, 2.45) is 5.41 Å². The van der Waals surface area contributed by atoms with Gasteiger partial charge in [-0.15, -0.1) is 0 Å². The number of aryl methyl sites for hydroxylation is 1. The summed E-state index contributed by atoms with van der Waals surface area (Å²) in [6, 6.07) is 5.10. The van der Waals surface area contributed by atoms with Crippen LogP contribution in [0.15, 0.2) is 22.7 Å². The Labute approximate surface area is 192 Å². The molecule has 3 rings (SSSR count). The van der Waals surface area contributed by atoms with Crippen molar-refractivity contribution < 1.29 is 30.9 Å². The highest BCUT2D eigenvalue weighted by atomic mass is 19.4. The van der Waals surface area contributed by atoms with Gasteiger partial charge in [-0.05, 0) is 43.3 Å². The fraction of sp³-hybridized carbons (Fsp3) is 0.500. The van der Waals surface area contributed by atoms with Crippen LogP contribution in [0.3, 0.4) is 0 Å². The normalized spacial score (nSPS) is 13.6. The van der Waals surface area contributed by atoms with Crippen LogP contribution in [0.2, 0.25) is 0 Å². The van der Waals surface area contributed by atoms with Crippen molar-refractivity contribution in [1.82, 2.24) is 24.6 Å². The fourth-order valence-electron chi connectivity index (χ4n) is 3.84. The van der Waals surface area contributed by atoms with Gasteiger partial charge in [-0.2, -0.15) is 31.3 Å². The predicted molar refractivity (Wildman–Crippen MR) is 115 cm³/mol. The molecule has 2 heterocycles. The van der Waals surface area contributed by atoms with Crippen molar-refractivity contribution in [1.29, 1.82) is 0 Å². The molecule has 34 heavy (non-hydrogen) atoms. The van der Waals surface area contributed by atoms with Crippen LogP contribution in [0.1, 0.15) is 43.4 Å². The van der Waals surface area contributed by atoms with Gasteiger partial charge in [0.1, 0.15) is 5.82 Å². The monoisotopic (exact) mass is 489 g/mol. The summed E-state index contributed by atoms with van der Waals surface area (Å²) in [5, 5.41) is 3.27. The lowest BCUT2D eigenvalue weighted by atomic mass is 9.92. The molecule has 0 amide bonds. The van der Waals surface area contributed by atoms with Crippen LogP contribution in [0, 0.1) is 5.41 Å². The van der Waals surface area contributed by atoms with Crippen molar-refractivity contribution in [3.63, 3.8) is 0 Å². The Morgan fingerprint density at radius 2 is 1.74 bits per heavy atom. The van der Waals surface area contributed by atoms with Crippen LogP contribution in [-0.4, -0.2) is 51.4 Å². The number of alkyl halides is 6. The number of benzene rings is 1. The van der Waals surface area contributed by atoms with E-state index in [0.29, 0.717) is 29.0 Å². The zero-order valence-corrected chi connectivity index (χ0v) is 19.1. The quantitative estimate of drug-likeness (QED) is 0.381. The van der Waals surface area contributed by atoms with Crippen LogP contribution >= 0.6 is 0 Å². The maximum Gasteiger partial charge on any atom is 0.471 e. The van der Waals surface area contributed by atoms with E-state index < -0.39 is 24.7 Å². The molecule has 0 atom stereocenters. The number of aromatic nitrogens is 4. The van der Waals surface area contributed by atoms with Gasteiger partial charge >= 0.3 is 18.2 Å². The third-order valence-corrected chi connectivity index (χ3v) is 4.92. The molecule has 12 heteroatoms. The summed E-state index contributed by atoms with van der Waals surface area (Å²) in [5.41, 5.74) is 1.51. The van der Waals surface area contributed by atoms with Crippen molar-refractivity contribution in [3.05, 3.63) is 41.3 Å². The third kappa shape index (κ3) is 6.81. The minimum absolute atomic E-state index is 0.239. The maximum atomic E-state index is 12.9. The van der Waals surface area contributed by atoms with Gasteiger partial charge in [-0.1, -0.05) is 31.1 Å². The first-order valence-corrected chi connectivity index (χ1v) is 10.4. The Morgan fingerprint density at radius 1 is 1.03 bits per heavy atom. The second kappa shape index (κ2) is 9.40. The Morgan fingerprint density at radius 3 is 2.32 bits per heavy atom. The predicted octanol–water partition coefficient (Wildman–Crippen LogP) is 5.69. The van der Waals surface area contributed by atoms with Crippen molar-refractivity contribution >= 4 is 23.2 Å². The molecule has 186 valence electrons. The molecule has 6 nitrogen and oxygen atoms in total. The second-order valence-electron chi connectivity index (χ2n) is 9.17. The molecule has 1 aromatic carbocycles. The topological polar surface area (TPSA) is 60.0 Å². The average molecular weight is 489 g/mol. The molecular weight excluding hydrogens is 464 g/mol. The third-order valence-electron chi connectivity index (χ3n) is 4.92. The molecular formula is C22H25F6N5O. The number of fused-ring (bicyclic) bond motifs is 1. The van der Waals surface area contributed by atoms with Crippen molar-refractivity contribution in [2.45, 2.75) is 45.6 Å². The second-order valence-corrected chi connectivity index (χ2v) is 9.17. The van der Waals surface area contributed by atoms with E-state index in [9.17, 15) is 26.3 Å². The lowest BCUT2D eigenvalue weighted by Gasteiger charge is -2.29. The molecule has 3 aromatic rings. The number of hydrogen-bond donors (Lipinski definition) is 0. The Hall–Kier alpha value is -2.89. The Bertz CT molecular complexity index is 1160. The summed E-state index contributed by atoms with van der Waals surface area (Å²) in [7, 11) is 3.86. The van der Waals surface area contributed by atoms with Crippen LogP contribution in [0.4, 0.5) is 26.3 Å². The highest BCUT2D eigenvalue weighted by Gasteiger charge is 2.38. The zero-order chi connectivity index (χ0) is 25.3. The molecule has 0 aliphatic carbocycles. The van der Waals surface area contributed by atoms with Gasteiger partial charge in [0.2, 0.25) is 0 Å². The van der Waals surface area contributed by atoms with Gasteiger partial charge in [0.05, 0.1) is 17.5 Å². The van der Waals surface area contributed by atoms with Gasteiger partial charge < -0.3 is 14.0 Å². The standard InChI is InChI=1S/C22H25F6N5O/c1-20(2,12-32(3)4)13-33-16-7-5-14(6-8-17-30-19(34-31-17)22(26,27)28)11-15(16)29-18(33)9-10-21(23,24)25/h5-8,11H,9-10,12-13H2,1-4H3/b8-6+. The molecule has 0 fully saturated rings. The Kier molecular flexibility index (Phi) is 7.11. The smallest absolute Gasteiger partial charge is 0.329 e. The van der Waals surface area contributed by atoms with Gasteiger partial charge in [0.25, 0.3) is 0 Å². The summed E-state index contributed by atoms with van der Waals surface area (Å²) in [4.78, 5) is 9.73. The van der Waals surface area contributed by atoms with E-state index in [2.05, 4.69) is 19.6 Å². The van der Waals surface area contributed by atoms with E-state index in [-0.39, 0.29) is 17.7 Å². The van der Waals surface area contributed by atoms with Crippen LogP contribution in [0.25, 0.3) is 23.2 Å². The molecule has 2 aromatic heterocycles. The van der Waals surface area contributed by atoms with Crippen molar-refractivity contribution in [2.75, 3.05) is 20.6 Å². The maximum absolute atomic E-state index is 12.9. The van der Waals surface area contributed by atoms with E-state index in [1.807, 2.05) is 37.4 Å². The summed E-state index contributed by atoms with van der Waals surface area (Å²) in [5.74, 6) is -1.38. The Balaban J connectivity index is 1.92. The molecule has 0 aliphatic rings. The highest BCUT2D eigenvalue weighted by molar-refractivity contribution is 5.81. The lowest BCUT2D eigenvalue weighted by molar-refractivity contribution is -0.159. The van der Waals surface area contributed by atoms with E-state index in [1.54, 1.807) is 18.2 Å². The summed E-state index contributed by atoms with van der Waals surface area (Å²) < 4.78 is 82.5. The van der Waals surface area contributed by atoms with Crippen LogP contribution < -0.4 is 0 Å².